The molecule has 0 saturated heterocycles. The minimum Gasteiger partial charge on any atom is -0.355 e. The molecule has 1 aromatic rings. The molecule has 0 bridgehead atoms. The summed E-state index contributed by atoms with van der Waals surface area (Å²) >= 11 is 11.9. The maximum Gasteiger partial charge on any atom is 0.220 e. The van der Waals surface area contributed by atoms with Crippen LogP contribution in [0.15, 0.2) is 18.2 Å². The number of aryl methyl sites for hydroxylation is 1. The van der Waals surface area contributed by atoms with Crippen LogP contribution < -0.4 is 11.1 Å². The normalized spacial score (nSPS) is 16.2. The fraction of sp³-hybridized carbons (Fsp3) is 0.500. The van der Waals surface area contributed by atoms with Crippen LogP contribution in [-0.2, 0) is 11.2 Å². The van der Waals surface area contributed by atoms with Gasteiger partial charge in [0, 0.05) is 29.1 Å². The minimum atomic E-state index is 0.0158. The fourth-order valence-corrected chi connectivity index (χ4v) is 2.49. The quantitative estimate of drug-likeness (QED) is 0.849. The van der Waals surface area contributed by atoms with Gasteiger partial charge in [-0.3, -0.25) is 4.79 Å². The third-order valence-corrected chi connectivity index (χ3v) is 3.99. The first-order chi connectivity index (χ1) is 9.06. The Morgan fingerprint density at radius 2 is 2.16 bits per heavy atom. The molecular weight excluding hydrogens is 283 g/mol. The predicted octanol–water partition coefficient (Wildman–Crippen LogP) is 2.78. The van der Waals surface area contributed by atoms with Crippen molar-refractivity contribution >= 4 is 29.1 Å². The van der Waals surface area contributed by atoms with Crippen molar-refractivity contribution in [3.63, 3.8) is 0 Å². The first-order valence-corrected chi connectivity index (χ1v) is 7.28. The third kappa shape index (κ3) is 4.68. The molecule has 2 rings (SSSR count). The van der Waals surface area contributed by atoms with Crippen molar-refractivity contribution in [3.05, 3.63) is 33.8 Å². The van der Waals surface area contributed by atoms with Crippen LogP contribution in [-0.4, -0.2) is 18.5 Å². The van der Waals surface area contributed by atoms with E-state index in [1.165, 1.54) is 12.8 Å². The topological polar surface area (TPSA) is 55.1 Å². The van der Waals surface area contributed by atoms with Gasteiger partial charge in [-0.05, 0) is 42.9 Å². The van der Waals surface area contributed by atoms with Crippen LogP contribution in [0.4, 0.5) is 0 Å². The minimum absolute atomic E-state index is 0.0158. The van der Waals surface area contributed by atoms with Crippen molar-refractivity contribution in [3.8, 4) is 0 Å². The smallest absolute Gasteiger partial charge is 0.220 e. The van der Waals surface area contributed by atoms with Gasteiger partial charge in [-0.1, -0.05) is 29.3 Å². The van der Waals surface area contributed by atoms with E-state index in [0.29, 0.717) is 35.3 Å². The molecule has 1 aliphatic rings. The number of benzene rings is 1. The highest BCUT2D eigenvalue weighted by atomic mass is 35.5. The summed E-state index contributed by atoms with van der Waals surface area (Å²) in [6.45, 7) is 0.567. The number of nitrogens with two attached hydrogens (primary N) is 1. The predicted molar refractivity (Wildman–Crippen MR) is 78.5 cm³/mol. The van der Waals surface area contributed by atoms with E-state index in [-0.39, 0.29) is 11.9 Å². The zero-order valence-corrected chi connectivity index (χ0v) is 12.2. The number of amides is 1. The number of carbonyl (C=O) groups is 1. The zero-order chi connectivity index (χ0) is 13.8. The Kier molecular flexibility index (Phi) is 5.08. The summed E-state index contributed by atoms with van der Waals surface area (Å²) in [7, 11) is 0. The standard InChI is InChI=1S/C14H18Cl2N2O/c15-11-5-3-9(12(16)7-11)4-6-14(19)18-8-13(17)10-1-2-10/h3,5,7,10,13H,1-2,4,6,8,17H2,(H,18,19). The molecule has 1 aromatic carbocycles. The number of nitrogens with one attached hydrogen (secondary N) is 1. The molecule has 0 aliphatic heterocycles. The molecule has 0 radical (unpaired) electrons. The van der Waals surface area contributed by atoms with Gasteiger partial charge in [0.1, 0.15) is 0 Å². The summed E-state index contributed by atoms with van der Waals surface area (Å²) in [5.74, 6) is 0.619. The Bertz CT molecular complexity index is 461. The second kappa shape index (κ2) is 6.60. The van der Waals surface area contributed by atoms with Crippen LogP contribution in [0.5, 0.6) is 0 Å². The Morgan fingerprint density at radius 3 is 2.79 bits per heavy atom. The lowest BCUT2D eigenvalue weighted by molar-refractivity contribution is -0.121. The second-order valence-corrected chi connectivity index (χ2v) is 5.88. The lowest BCUT2D eigenvalue weighted by atomic mass is 10.1. The van der Waals surface area contributed by atoms with Crippen LogP contribution in [0, 0.1) is 5.92 Å². The molecule has 5 heteroatoms. The largest absolute Gasteiger partial charge is 0.355 e. The Hall–Kier alpha value is -0.770. The number of carbonyl (C=O) groups excluding carboxylic acids is 1. The van der Waals surface area contributed by atoms with E-state index in [2.05, 4.69) is 5.32 Å². The molecule has 1 unspecified atom stereocenters. The number of hydrogen-bond donors (Lipinski definition) is 2. The molecule has 3 nitrogen and oxygen atoms in total. The maximum absolute atomic E-state index is 11.7. The van der Waals surface area contributed by atoms with E-state index in [1.54, 1.807) is 12.1 Å². The third-order valence-electron chi connectivity index (χ3n) is 3.40. The van der Waals surface area contributed by atoms with Crippen molar-refractivity contribution in [1.82, 2.24) is 5.32 Å². The second-order valence-electron chi connectivity index (χ2n) is 5.04. The van der Waals surface area contributed by atoms with E-state index in [1.807, 2.05) is 6.07 Å². The van der Waals surface area contributed by atoms with E-state index in [9.17, 15) is 4.79 Å². The Labute approximate surface area is 123 Å². The van der Waals surface area contributed by atoms with E-state index >= 15 is 0 Å². The van der Waals surface area contributed by atoms with Gasteiger partial charge in [0.05, 0.1) is 0 Å². The summed E-state index contributed by atoms with van der Waals surface area (Å²) in [4.78, 5) is 11.7. The van der Waals surface area contributed by atoms with Crippen LogP contribution in [0.3, 0.4) is 0 Å². The van der Waals surface area contributed by atoms with Gasteiger partial charge in [0.25, 0.3) is 0 Å². The molecule has 1 amide bonds. The molecule has 3 N–H and O–H groups in total. The Morgan fingerprint density at radius 1 is 1.42 bits per heavy atom. The summed E-state index contributed by atoms with van der Waals surface area (Å²) in [5, 5.41) is 4.08. The highest BCUT2D eigenvalue weighted by molar-refractivity contribution is 6.35. The zero-order valence-electron chi connectivity index (χ0n) is 10.7. The van der Waals surface area contributed by atoms with Gasteiger partial charge in [-0.2, -0.15) is 0 Å². The first kappa shape index (κ1) is 14.6. The molecule has 1 fully saturated rings. The average Bonchev–Trinajstić information content (AvgIpc) is 3.19. The average molecular weight is 301 g/mol. The molecule has 1 atom stereocenters. The molecule has 104 valence electrons. The van der Waals surface area contributed by atoms with E-state index in [0.717, 1.165) is 5.56 Å². The molecular formula is C14H18Cl2N2O. The lowest BCUT2D eigenvalue weighted by Crippen LogP contribution is -2.38. The molecule has 1 aliphatic carbocycles. The molecule has 0 spiro atoms. The van der Waals surface area contributed by atoms with Gasteiger partial charge in [-0.15, -0.1) is 0 Å². The van der Waals surface area contributed by atoms with Gasteiger partial charge in [0.2, 0.25) is 5.91 Å². The molecule has 0 heterocycles. The van der Waals surface area contributed by atoms with Crippen LogP contribution >= 0.6 is 23.2 Å². The van der Waals surface area contributed by atoms with E-state index < -0.39 is 0 Å². The van der Waals surface area contributed by atoms with Crippen LogP contribution in [0.2, 0.25) is 10.0 Å². The fourth-order valence-electron chi connectivity index (χ4n) is 1.98. The maximum atomic E-state index is 11.7. The lowest BCUT2D eigenvalue weighted by Gasteiger charge is -2.11. The highest BCUT2D eigenvalue weighted by Crippen LogP contribution is 2.31. The van der Waals surface area contributed by atoms with Crippen molar-refractivity contribution in [2.45, 2.75) is 31.7 Å². The summed E-state index contributed by atoms with van der Waals surface area (Å²) in [5.41, 5.74) is 6.86. The van der Waals surface area contributed by atoms with Gasteiger partial charge < -0.3 is 11.1 Å². The van der Waals surface area contributed by atoms with Crippen LogP contribution in [0.25, 0.3) is 0 Å². The summed E-state index contributed by atoms with van der Waals surface area (Å²) in [6.07, 6.45) is 3.41. The summed E-state index contributed by atoms with van der Waals surface area (Å²) in [6, 6.07) is 5.43. The number of halogens is 2. The monoisotopic (exact) mass is 300 g/mol. The molecule has 1 saturated carbocycles. The van der Waals surface area contributed by atoms with Gasteiger partial charge in [-0.25, -0.2) is 0 Å². The molecule has 0 aromatic heterocycles. The van der Waals surface area contributed by atoms with Crippen molar-refractivity contribution < 1.29 is 4.79 Å². The SMILES string of the molecule is NC(CNC(=O)CCc1ccc(Cl)cc1Cl)C1CC1. The van der Waals surface area contributed by atoms with Crippen molar-refractivity contribution in [2.75, 3.05) is 6.54 Å². The van der Waals surface area contributed by atoms with Crippen LogP contribution in [0.1, 0.15) is 24.8 Å². The van der Waals surface area contributed by atoms with E-state index in [4.69, 9.17) is 28.9 Å². The van der Waals surface area contributed by atoms with Gasteiger partial charge in [0.15, 0.2) is 0 Å². The number of rotatable bonds is 6. The van der Waals surface area contributed by atoms with Crippen molar-refractivity contribution in [2.24, 2.45) is 11.7 Å². The highest BCUT2D eigenvalue weighted by Gasteiger charge is 2.28. The first-order valence-electron chi connectivity index (χ1n) is 6.52. The molecule has 19 heavy (non-hydrogen) atoms. The van der Waals surface area contributed by atoms with Gasteiger partial charge >= 0.3 is 0 Å². The summed E-state index contributed by atoms with van der Waals surface area (Å²) < 4.78 is 0. The Balaban J connectivity index is 1.73. The van der Waals surface area contributed by atoms with Crippen molar-refractivity contribution in [1.29, 1.82) is 0 Å². The number of hydrogen-bond acceptors (Lipinski definition) is 2.